The van der Waals surface area contributed by atoms with Crippen molar-refractivity contribution < 1.29 is 44.7 Å². The summed E-state index contributed by atoms with van der Waals surface area (Å²) in [7, 11) is 0. The van der Waals surface area contributed by atoms with E-state index in [1.165, 1.54) is 0 Å². The molecule has 10 heteroatoms. The van der Waals surface area contributed by atoms with E-state index in [0.717, 1.165) is 0 Å². The van der Waals surface area contributed by atoms with E-state index in [-0.39, 0.29) is 12.1 Å². The normalized spacial score (nSPS) is 12.4. The second kappa shape index (κ2) is 5.25. The van der Waals surface area contributed by atoms with Crippen molar-refractivity contribution >= 4 is 5.97 Å². The van der Waals surface area contributed by atoms with Gasteiger partial charge in [0.05, 0.1) is 0 Å². The topological polar surface area (TPSA) is 26.3 Å². The molecule has 0 amide bonds. The molecule has 2 nitrogen and oxygen atoms in total. The molecule has 20 heavy (non-hydrogen) atoms. The molecule has 0 aliphatic heterocycles. The third kappa shape index (κ3) is 3.17. The minimum absolute atomic E-state index is 0.0282. The van der Waals surface area contributed by atoms with Crippen LogP contribution < -0.4 is 0 Å². The summed E-state index contributed by atoms with van der Waals surface area (Å²) < 4.78 is 102. The predicted octanol–water partition coefficient (Wildman–Crippen LogP) is 3.34. The molecular formula is C10H4F8O2. The quantitative estimate of drug-likeness (QED) is 0.486. The zero-order chi connectivity index (χ0) is 15.7. The van der Waals surface area contributed by atoms with Gasteiger partial charge < -0.3 is 4.74 Å². The Morgan fingerprint density at radius 3 is 1.95 bits per heavy atom. The van der Waals surface area contributed by atoms with E-state index in [4.69, 9.17) is 0 Å². The van der Waals surface area contributed by atoms with Crippen molar-refractivity contribution in [1.29, 1.82) is 0 Å². The highest BCUT2D eigenvalue weighted by Crippen LogP contribution is 2.36. The summed E-state index contributed by atoms with van der Waals surface area (Å²) in [4.78, 5) is 10.6. The van der Waals surface area contributed by atoms with Crippen LogP contribution in [0.4, 0.5) is 35.1 Å². The SMILES string of the molecule is O=C(OCc1cc(F)c(F)cc1F)C(F)(F)C(F)(F)F. The third-order valence-corrected chi connectivity index (χ3v) is 2.06. The van der Waals surface area contributed by atoms with Crippen LogP contribution >= 0.6 is 0 Å². The molecule has 1 rings (SSSR count). The first-order chi connectivity index (χ1) is 8.96. The number of esters is 1. The van der Waals surface area contributed by atoms with Gasteiger partial charge in [0.15, 0.2) is 11.6 Å². The highest BCUT2D eigenvalue weighted by molar-refractivity contribution is 5.78. The highest BCUT2D eigenvalue weighted by atomic mass is 19.4. The van der Waals surface area contributed by atoms with Crippen molar-refractivity contribution in [1.82, 2.24) is 0 Å². The summed E-state index contributed by atoms with van der Waals surface area (Å²) in [6.07, 6.45) is -6.18. The van der Waals surface area contributed by atoms with E-state index < -0.39 is 47.7 Å². The summed E-state index contributed by atoms with van der Waals surface area (Å²) in [5.41, 5.74) is -0.893. The number of rotatable bonds is 3. The molecule has 0 spiro atoms. The zero-order valence-electron chi connectivity index (χ0n) is 9.20. The molecule has 0 aliphatic rings. The van der Waals surface area contributed by atoms with Crippen molar-refractivity contribution in [2.24, 2.45) is 0 Å². The van der Waals surface area contributed by atoms with Crippen molar-refractivity contribution in [3.8, 4) is 0 Å². The molecule has 0 N–H and O–H groups in total. The third-order valence-electron chi connectivity index (χ3n) is 2.06. The number of ether oxygens (including phenoxy) is 1. The number of hydrogen-bond acceptors (Lipinski definition) is 2. The fourth-order valence-electron chi connectivity index (χ4n) is 1.02. The summed E-state index contributed by atoms with van der Waals surface area (Å²) >= 11 is 0. The Morgan fingerprint density at radius 1 is 0.950 bits per heavy atom. The minimum atomic E-state index is -6.18. The molecule has 0 saturated carbocycles. The molecule has 0 fully saturated rings. The highest BCUT2D eigenvalue weighted by Gasteiger charge is 2.64. The lowest BCUT2D eigenvalue weighted by molar-refractivity contribution is -0.281. The Kier molecular flexibility index (Phi) is 4.25. The van der Waals surface area contributed by atoms with Crippen LogP contribution in [-0.4, -0.2) is 18.1 Å². The van der Waals surface area contributed by atoms with Crippen LogP contribution in [0.15, 0.2) is 12.1 Å². The van der Waals surface area contributed by atoms with Gasteiger partial charge >= 0.3 is 18.1 Å². The Hall–Kier alpha value is -1.87. The molecule has 1 aromatic rings. The Balaban J connectivity index is 2.83. The minimum Gasteiger partial charge on any atom is -0.456 e. The van der Waals surface area contributed by atoms with Crippen LogP contribution in [0.1, 0.15) is 5.56 Å². The first-order valence-electron chi connectivity index (χ1n) is 4.72. The van der Waals surface area contributed by atoms with Crippen molar-refractivity contribution in [3.63, 3.8) is 0 Å². The fourth-order valence-corrected chi connectivity index (χ4v) is 1.02. The first kappa shape index (κ1) is 16.2. The Labute approximate surface area is 105 Å². The summed E-state index contributed by atoms with van der Waals surface area (Å²) in [5.74, 6) is -13.4. The van der Waals surface area contributed by atoms with E-state index in [1.807, 2.05) is 0 Å². The largest absolute Gasteiger partial charge is 0.465 e. The average molecular weight is 308 g/mol. The van der Waals surface area contributed by atoms with Crippen LogP contribution in [0.25, 0.3) is 0 Å². The molecule has 0 aromatic heterocycles. The molecule has 0 atom stereocenters. The maximum Gasteiger partial charge on any atom is 0.465 e. The van der Waals surface area contributed by atoms with Gasteiger partial charge in [-0.15, -0.1) is 0 Å². The molecule has 112 valence electrons. The monoisotopic (exact) mass is 308 g/mol. The Morgan fingerprint density at radius 2 is 1.45 bits per heavy atom. The number of halogens is 8. The number of carbonyl (C=O) groups excluding carboxylic acids is 1. The van der Waals surface area contributed by atoms with Gasteiger partial charge in [-0.3, -0.25) is 0 Å². The summed E-state index contributed by atoms with van der Waals surface area (Å²) in [5, 5.41) is 0. The maximum absolute atomic E-state index is 13.0. The van der Waals surface area contributed by atoms with Crippen LogP contribution in [0, 0.1) is 17.5 Å². The number of hydrogen-bond donors (Lipinski definition) is 0. The van der Waals surface area contributed by atoms with Crippen molar-refractivity contribution in [2.45, 2.75) is 18.7 Å². The van der Waals surface area contributed by atoms with E-state index in [1.54, 1.807) is 0 Å². The molecule has 0 aliphatic carbocycles. The molecule has 0 saturated heterocycles. The molecule has 0 unspecified atom stereocenters. The van der Waals surface area contributed by atoms with Crippen LogP contribution in [0.2, 0.25) is 0 Å². The van der Waals surface area contributed by atoms with Gasteiger partial charge in [-0.1, -0.05) is 0 Å². The van der Waals surface area contributed by atoms with E-state index in [2.05, 4.69) is 4.74 Å². The van der Waals surface area contributed by atoms with Gasteiger partial charge in [-0.05, 0) is 6.07 Å². The summed E-state index contributed by atoms with van der Waals surface area (Å²) in [6.45, 7) is -1.41. The molecule has 0 radical (unpaired) electrons. The van der Waals surface area contributed by atoms with Crippen LogP contribution in [0.5, 0.6) is 0 Å². The van der Waals surface area contributed by atoms with Crippen LogP contribution in [-0.2, 0) is 16.1 Å². The lowest BCUT2D eigenvalue weighted by Crippen LogP contribution is -2.45. The summed E-state index contributed by atoms with van der Waals surface area (Å²) in [6, 6.07) is 0.198. The van der Waals surface area contributed by atoms with Gasteiger partial charge in [0, 0.05) is 11.6 Å². The first-order valence-corrected chi connectivity index (χ1v) is 4.72. The predicted molar refractivity (Wildman–Crippen MR) is 47.1 cm³/mol. The fraction of sp³-hybridized carbons (Fsp3) is 0.300. The van der Waals surface area contributed by atoms with Gasteiger partial charge in [0.2, 0.25) is 0 Å². The Bertz CT molecular complexity index is 523. The molecule has 0 bridgehead atoms. The molecule has 0 heterocycles. The smallest absolute Gasteiger partial charge is 0.456 e. The standard InChI is InChI=1S/C10H4F8O2/c11-5-2-7(13)6(12)1-4(5)3-20-8(19)9(14,15)10(16,17)18/h1-2H,3H2. The average Bonchev–Trinajstić information content (AvgIpc) is 2.30. The molecular weight excluding hydrogens is 304 g/mol. The lowest BCUT2D eigenvalue weighted by Gasteiger charge is -2.17. The van der Waals surface area contributed by atoms with Crippen LogP contribution in [0.3, 0.4) is 0 Å². The van der Waals surface area contributed by atoms with Gasteiger partial charge in [0.25, 0.3) is 0 Å². The number of carbonyl (C=O) groups is 1. The van der Waals surface area contributed by atoms with Crippen molar-refractivity contribution in [3.05, 3.63) is 35.1 Å². The zero-order valence-corrected chi connectivity index (χ0v) is 9.20. The second-order valence-corrected chi connectivity index (χ2v) is 3.51. The number of alkyl halides is 5. The van der Waals surface area contributed by atoms with E-state index >= 15 is 0 Å². The maximum atomic E-state index is 13.0. The van der Waals surface area contributed by atoms with Gasteiger partial charge in [-0.25, -0.2) is 18.0 Å². The second-order valence-electron chi connectivity index (χ2n) is 3.51. The molecule has 1 aromatic carbocycles. The van der Waals surface area contributed by atoms with E-state index in [9.17, 15) is 39.9 Å². The van der Waals surface area contributed by atoms with E-state index in [0.29, 0.717) is 0 Å². The lowest BCUT2D eigenvalue weighted by atomic mass is 10.2. The van der Waals surface area contributed by atoms with Gasteiger partial charge in [-0.2, -0.15) is 22.0 Å². The van der Waals surface area contributed by atoms with Crippen molar-refractivity contribution in [2.75, 3.05) is 0 Å². The number of benzene rings is 1. The van der Waals surface area contributed by atoms with Gasteiger partial charge in [0.1, 0.15) is 12.4 Å².